The van der Waals surface area contributed by atoms with Crippen LogP contribution in [-0.2, 0) is 4.74 Å². The standard InChI is InChI=1S/C13H26O2/c1-15-11-12-9-7-5-3-2-4-6-8-10-13(12)14/h12-14H,2-11H2,1H3. The molecule has 1 fully saturated rings. The molecular formula is C13H26O2. The maximum Gasteiger partial charge on any atom is 0.0590 e. The van der Waals surface area contributed by atoms with Crippen LogP contribution < -0.4 is 0 Å². The van der Waals surface area contributed by atoms with Crippen molar-refractivity contribution < 1.29 is 9.84 Å². The van der Waals surface area contributed by atoms with Crippen LogP contribution in [0.1, 0.15) is 57.8 Å². The minimum absolute atomic E-state index is 0.136. The molecule has 0 spiro atoms. The first-order valence-corrected chi connectivity index (χ1v) is 6.51. The van der Waals surface area contributed by atoms with Gasteiger partial charge in [0.15, 0.2) is 0 Å². The van der Waals surface area contributed by atoms with Crippen LogP contribution in [0, 0.1) is 5.92 Å². The molecule has 0 aromatic rings. The van der Waals surface area contributed by atoms with E-state index in [1.165, 1.54) is 44.9 Å². The minimum Gasteiger partial charge on any atom is -0.393 e. The lowest BCUT2D eigenvalue weighted by Crippen LogP contribution is -2.24. The van der Waals surface area contributed by atoms with Crippen molar-refractivity contribution in [3.8, 4) is 0 Å². The Morgan fingerprint density at radius 1 is 0.933 bits per heavy atom. The summed E-state index contributed by atoms with van der Waals surface area (Å²) in [5.41, 5.74) is 0. The lowest BCUT2D eigenvalue weighted by atomic mass is 9.93. The van der Waals surface area contributed by atoms with Crippen LogP contribution >= 0.6 is 0 Å². The summed E-state index contributed by atoms with van der Waals surface area (Å²) in [6.45, 7) is 0.723. The first-order chi connectivity index (χ1) is 7.34. The van der Waals surface area contributed by atoms with Crippen LogP contribution in [0.2, 0.25) is 0 Å². The van der Waals surface area contributed by atoms with Gasteiger partial charge >= 0.3 is 0 Å². The summed E-state index contributed by atoms with van der Waals surface area (Å²) in [4.78, 5) is 0. The third-order valence-electron chi connectivity index (χ3n) is 3.50. The van der Waals surface area contributed by atoms with E-state index in [9.17, 15) is 5.11 Å². The molecule has 0 aromatic carbocycles. The molecule has 2 unspecified atom stereocenters. The summed E-state index contributed by atoms with van der Waals surface area (Å²) in [6, 6.07) is 0. The Hall–Kier alpha value is -0.0800. The largest absolute Gasteiger partial charge is 0.393 e. The molecule has 0 radical (unpaired) electrons. The molecule has 0 heterocycles. The fourth-order valence-corrected chi connectivity index (χ4v) is 2.48. The fraction of sp³-hybridized carbons (Fsp3) is 1.00. The second-order valence-electron chi connectivity index (χ2n) is 4.83. The van der Waals surface area contributed by atoms with Gasteiger partial charge < -0.3 is 9.84 Å². The third kappa shape index (κ3) is 5.53. The van der Waals surface area contributed by atoms with Crippen molar-refractivity contribution in [3.05, 3.63) is 0 Å². The highest BCUT2D eigenvalue weighted by Gasteiger charge is 2.18. The van der Waals surface area contributed by atoms with Crippen LogP contribution in [-0.4, -0.2) is 24.9 Å². The molecule has 15 heavy (non-hydrogen) atoms. The van der Waals surface area contributed by atoms with Crippen molar-refractivity contribution in [1.82, 2.24) is 0 Å². The molecule has 2 atom stereocenters. The van der Waals surface area contributed by atoms with E-state index in [4.69, 9.17) is 4.74 Å². The van der Waals surface area contributed by atoms with Gasteiger partial charge in [-0.3, -0.25) is 0 Å². The monoisotopic (exact) mass is 214 g/mol. The van der Waals surface area contributed by atoms with Gasteiger partial charge in [0.1, 0.15) is 0 Å². The third-order valence-corrected chi connectivity index (χ3v) is 3.50. The fourth-order valence-electron chi connectivity index (χ4n) is 2.48. The van der Waals surface area contributed by atoms with E-state index in [1.54, 1.807) is 7.11 Å². The molecule has 0 aliphatic heterocycles. The molecule has 2 nitrogen and oxygen atoms in total. The Bertz CT molecular complexity index is 147. The Morgan fingerprint density at radius 3 is 2.07 bits per heavy atom. The quantitative estimate of drug-likeness (QED) is 0.765. The maximum atomic E-state index is 10.0. The van der Waals surface area contributed by atoms with Gasteiger partial charge in [-0.2, -0.15) is 0 Å². The van der Waals surface area contributed by atoms with Crippen molar-refractivity contribution in [2.24, 2.45) is 5.92 Å². The molecule has 1 saturated carbocycles. The zero-order chi connectivity index (χ0) is 10.9. The van der Waals surface area contributed by atoms with Crippen LogP contribution in [0.25, 0.3) is 0 Å². The Balaban J connectivity index is 2.35. The van der Waals surface area contributed by atoms with Gasteiger partial charge in [-0.25, -0.2) is 0 Å². The summed E-state index contributed by atoms with van der Waals surface area (Å²) in [6.07, 6.45) is 11.1. The average Bonchev–Trinajstić information content (AvgIpc) is 2.27. The second-order valence-corrected chi connectivity index (χ2v) is 4.83. The summed E-state index contributed by atoms with van der Waals surface area (Å²) in [5, 5.41) is 10.0. The van der Waals surface area contributed by atoms with Crippen LogP contribution in [0.3, 0.4) is 0 Å². The minimum atomic E-state index is -0.136. The van der Waals surface area contributed by atoms with Gasteiger partial charge in [-0.1, -0.05) is 44.9 Å². The molecule has 0 saturated heterocycles. The van der Waals surface area contributed by atoms with Gasteiger partial charge in [0.05, 0.1) is 12.7 Å². The highest BCUT2D eigenvalue weighted by atomic mass is 16.5. The number of methoxy groups -OCH3 is 1. The molecule has 1 aliphatic rings. The molecule has 0 bridgehead atoms. The van der Waals surface area contributed by atoms with Gasteiger partial charge in [0.2, 0.25) is 0 Å². The number of ether oxygens (including phenoxy) is 1. The number of aliphatic hydroxyl groups excluding tert-OH is 1. The van der Waals surface area contributed by atoms with Crippen molar-refractivity contribution in [2.45, 2.75) is 63.9 Å². The predicted molar refractivity (Wildman–Crippen MR) is 62.9 cm³/mol. The van der Waals surface area contributed by atoms with Crippen LogP contribution in [0.15, 0.2) is 0 Å². The molecule has 1 rings (SSSR count). The zero-order valence-electron chi connectivity index (χ0n) is 10.1. The number of aliphatic hydroxyl groups is 1. The van der Waals surface area contributed by atoms with Crippen LogP contribution in [0.4, 0.5) is 0 Å². The van der Waals surface area contributed by atoms with Crippen molar-refractivity contribution >= 4 is 0 Å². The lowest BCUT2D eigenvalue weighted by Gasteiger charge is -2.21. The van der Waals surface area contributed by atoms with E-state index >= 15 is 0 Å². The van der Waals surface area contributed by atoms with Gasteiger partial charge in [0, 0.05) is 13.0 Å². The molecule has 0 aromatic heterocycles. The summed E-state index contributed by atoms with van der Waals surface area (Å²) >= 11 is 0. The first kappa shape index (κ1) is 13.0. The Morgan fingerprint density at radius 2 is 1.47 bits per heavy atom. The van der Waals surface area contributed by atoms with E-state index in [2.05, 4.69) is 0 Å². The van der Waals surface area contributed by atoms with E-state index in [0.29, 0.717) is 5.92 Å². The zero-order valence-corrected chi connectivity index (χ0v) is 10.1. The van der Waals surface area contributed by atoms with Crippen molar-refractivity contribution in [3.63, 3.8) is 0 Å². The molecular weight excluding hydrogens is 188 g/mol. The average molecular weight is 214 g/mol. The molecule has 0 amide bonds. The number of rotatable bonds is 2. The number of hydrogen-bond donors (Lipinski definition) is 1. The Labute approximate surface area is 94.0 Å². The van der Waals surface area contributed by atoms with E-state index in [0.717, 1.165) is 19.4 Å². The van der Waals surface area contributed by atoms with Gasteiger partial charge in [-0.15, -0.1) is 0 Å². The highest BCUT2D eigenvalue weighted by Crippen LogP contribution is 2.21. The summed E-state index contributed by atoms with van der Waals surface area (Å²) in [7, 11) is 1.73. The SMILES string of the molecule is COCC1CCCCCCCCCC1O. The first-order valence-electron chi connectivity index (χ1n) is 6.51. The predicted octanol–water partition coefficient (Wildman–Crippen LogP) is 3.13. The summed E-state index contributed by atoms with van der Waals surface area (Å²) in [5.74, 6) is 0.369. The van der Waals surface area contributed by atoms with E-state index in [1.807, 2.05) is 0 Å². The van der Waals surface area contributed by atoms with Crippen molar-refractivity contribution in [2.75, 3.05) is 13.7 Å². The summed E-state index contributed by atoms with van der Waals surface area (Å²) < 4.78 is 5.19. The van der Waals surface area contributed by atoms with Gasteiger partial charge in [0.25, 0.3) is 0 Å². The second kappa shape index (κ2) is 8.12. The molecule has 2 heteroatoms. The van der Waals surface area contributed by atoms with Gasteiger partial charge in [-0.05, 0) is 12.8 Å². The highest BCUT2D eigenvalue weighted by molar-refractivity contribution is 4.70. The molecule has 1 N–H and O–H groups in total. The van der Waals surface area contributed by atoms with Crippen LogP contribution in [0.5, 0.6) is 0 Å². The smallest absolute Gasteiger partial charge is 0.0590 e. The number of hydrogen-bond acceptors (Lipinski definition) is 2. The van der Waals surface area contributed by atoms with E-state index < -0.39 is 0 Å². The maximum absolute atomic E-state index is 10.0. The topological polar surface area (TPSA) is 29.5 Å². The van der Waals surface area contributed by atoms with Crippen molar-refractivity contribution in [1.29, 1.82) is 0 Å². The molecule has 1 aliphatic carbocycles. The van der Waals surface area contributed by atoms with E-state index in [-0.39, 0.29) is 6.10 Å². The normalized spacial score (nSPS) is 30.8. The Kier molecular flexibility index (Phi) is 7.03. The lowest BCUT2D eigenvalue weighted by molar-refractivity contribution is 0.0363. The molecule has 90 valence electrons.